The molecule has 0 spiro atoms. The Kier molecular flexibility index (Phi) is 6.00. The van der Waals surface area contributed by atoms with Crippen LogP contribution in [0.3, 0.4) is 0 Å². The molecule has 0 N–H and O–H groups in total. The van der Waals surface area contributed by atoms with Gasteiger partial charge in [0, 0.05) is 17.9 Å². The molecule has 0 aliphatic heterocycles. The van der Waals surface area contributed by atoms with Crippen molar-refractivity contribution in [2.75, 3.05) is 0 Å². The first-order valence-corrected chi connectivity index (χ1v) is 8.02. The standard InChI is InChI=1S/C18H15F3OS/c19-18(20,21)13-14(8-10-16-7-4-12-23-16)9-11-17(22)15-5-2-1-3-6-15/h1-7,12,14H,9,11,13H2. The fourth-order valence-corrected chi connectivity index (χ4v) is 2.68. The Hall–Kier alpha value is -2.06. The summed E-state index contributed by atoms with van der Waals surface area (Å²) in [5, 5.41) is 1.82. The number of carbonyl (C=O) groups excluding carboxylic acids is 1. The highest BCUT2D eigenvalue weighted by molar-refractivity contribution is 7.10. The molecule has 0 aliphatic carbocycles. The van der Waals surface area contributed by atoms with Crippen LogP contribution >= 0.6 is 11.3 Å². The quantitative estimate of drug-likeness (QED) is 0.533. The first-order valence-electron chi connectivity index (χ1n) is 7.14. The monoisotopic (exact) mass is 336 g/mol. The van der Waals surface area contributed by atoms with Gasteiger partial charge < -0.3 is 0 Å². The molecule has 0 radical (unpaired) electrons. The van der Waals surface area contributed by atoms with Crippen LogP contribution in [-0.2, 0) is 0 Å². The Bertz CT molecular complexity index is 679. The minimum Gasteiger partial charge on any atom is -0.294 e. The van der Waals surface area contributed by atoms with Gasteiger partial charge in [0.2, 0.25) is 0 Å². The first-order chi connectivity index (χ1) is 10.9. The number of benzene rings is 1. The van der Waals surface area contributed by atoms with Crippen LogP contribution in [0.1, 0.15) is 34.5 Å². The van der Waals surface area contributed by atoms with Crippen LogP contribution < -0.4 is 0 Å². The van der Waals surface area contributed by atoms with Crippen LogP contribution in [0.4, 0.5) is 13.2 Å². The van der Waals surface area contributed by atoms with Gasteiger partial charge in [0.05, 0.1) is 11.3 Å². The highest BCUT2D eigenvalue weighted by Crippen LogP contribution is 2.27. The van der Waals surface area contributed by atoms with Crippen LogP contribution in [0.25, 0.3) is 0 Å². The maximum Gasteiger partial charge on any atom is 0.390 e. The smallest absolute Gasteiger partial charge is 0.294 e. The molecule has 0 bridgehead atoms. The molecule has 5 heteroatoms. The lowest BCUT2D eigenvalue weighted by Crippen LogP contribution is -2.15. The number of halogens is 3. The molecule has 0 aliphatic rings. The number of hydrogen-bond donors (Lipinski definition) is 0. The highest BCUT2D eigenvalue weighted by atomic mass is 32.1. The number of carbonyl (C=O) groups is 1. The van der Waals surface area contributed by atoms with Crippen molar-refractivity contribution in [1.82, 2.24) is 0 Å². The van der Waals surface area contributed by atoms with E-state index >= 15 is 0 Å². The van der Waals surface area contributed by atoms with E-state index in [-0.39, 0.29) is 18.6 Å². The summed E-state index contributed by atoms with van der Waals surface area (Å²) in [6, 6.07) is 12.1. The number of rotatable bonds is 5. The first kappa shape index (κ1) is 17.3. The zero-order chi connectivity index (χ0) is 16.7. The molecular formula is C18H15F3OS. The molecule has 1 aromatic carbocycles. The predicted molar refractivity (Wildman–Crippen MR) is 85.4 cm³/mol. The Labute approximate surface area is 137 Å². The topological polar surface area (TPSA) is 17.1 Å². The molecule has 1 unspecified atom stereocenters. The summed E-state index contributed by atoms with van der Waals surface area (Å²) in [5.41, 5.74) is 0.518. The van der Waals surface area contributed by atoms with Gasteiger partial charge in [-0.05, 0) is 17.9 Å². The molecule has 23 heavy (non-hydrogen) atoms. The van der Waals surface area contributed by atoms with Crippen molar-refractivity contribution in [2.24, 2.45) is 5.92 Å². The minimum absolute atomic E-state index is 0.0594. The van der Waals surface area contributed by atoms with Gasteiger partial charge in [0.25, 0.3) is 0 Å². The number of alkyl halides is 3. The van der Waals surface area contributed by atoms with Crippen LogP contribution in [0.5, 0.6) is 0 Å². The van der Waals surface area contributed by atoms with Crippen LogP contribution in [0, 0.1) is 17.8 Å². The molecule has 0 saturated heterocycles. The molecule has 1 heterocycles. The molecule has 1 nitrogen and oxygen atoms in total. The number of hydrogen-bond acceptors (Lipinski definition) is 2. The van der Waals surface area contributed by atoms with Gasteiger partial charge in [-0.2, -0.15) is 13.2 Å². The van der Waals surface area contributed by atoms with Gasteiger partial charge in [-0.15, -0.1) is 11.3 Å². The Morgan fingerprint density at radius 1 is 1.13 bits per heavy atom. The van der Waals surface area contributed by atoms with Crippen molar-refractivity contribution >= 4 is 17.1 Å². The maximum atomic E-state index is 12.7. The summed E-state index contributed by atoms with van der Waals surface area (Å²) in [7, 11) is 0. The minimum atomic E-state index is -4.29. The number of Topliss-reactive ketones (excluding diaryl/α,β-unsaturated/α-hetero) is 1. The van der Waals surface area contributed by atoms with E-state index in [1.54, 1.807) is 42.5 Å². The molecule has 2 aromatic rings. The van der Waals surface area contributed by atoms with E-state index in [9.17, 15) is 18.0 Å². The molecule has 0 amide bonds. The van der Waals surface area contributed by atoms with Gasteiger partial charge >= 0.3 is 6.18 Å². The molecule has 1 atom stereocenters. The second kappa shape index (κ2) is 7.98. The average Bonchev–Trinajstić information content (AvgIpc) is 3.02. The molecule has 2 rings (SSSR count). The van der Waals surface area contributed by atoms with Crippen molar-refractivity contribution in [3.05, 3.63) is 58.3 Å². The summed E-state index contributed by atoms with van der Waals surface area (Å²) < 4.78 is 38.0. The van der Waals surface area contributed by atoms with Crippen LogP contribution in [-0.4, -0.2) is 12.0 Å². The van der Waals surface area contributed by atoms with E-state index in [2.05, 4.69) is 11.8 Å². The zero-order valence-corrected chi connectivity index (χ0v) is 13.1. The third kappa shape index (κ3) is 6.29. The third-order valence-electron chi connectivity index (χ3n) is 3.21. The van der Waals surface area contributed by atoms with Crippen molar-refractivity contribution < 1.29 is 18.0 Å². The zero-order valence-electron chi connectivity index (χ0n) is 12.3. The van der Waals surface area contributed by atoms with E-state index in [0.29, 0.717) is 5.56 Å². The Balaban J connectivity index is 2.01. The molecular weight excluding hydrogens is 321 g/mol. The van der Waals surface area contributed by atoms with Gasteiger partial charge in [-0.1, -0.05) is 48.2 Å². The van der Waals surface area contributed by atoms with Gasteiger partial charge in [-0.25, -0.2) is 0 Å². The molecule has 1 aromatic heterocycles. The van der Waals surface area contributed by atoms with E-state index in [1.807, 2.05) is 5.38 Å². The third-order valence-corrected chi connectivity index (χ3v) is 4.00. The summed E-state index contributed by atoms with van der Waals surface area (Å²) in [5.74, 6) is 4.41. The van der Waals surface area contributed by atoms with Gasteiger partial charge in [-0.3, -0.25) is 4.79 Å². The van der Waals surface area contributed by atoms with E-state index in [1.165, 1.54) is 11.3 Å². The molecule has 0 saturated carbocycles. The highest BCUT2D eigenvalue weighted by Gasteiger charge is 2.31. The number of thiophene rings is 1. The SMILES string of the molecule is O=C(CCC(C#Cc1cccs1)CC(F)(F)F)c1ccccc1. The number of ketones is 1. The van der Waals surface area contributed by atoms with Crippen LogP contribution in [0.2, 0.25) is 0 Å². The van der Waals surface area contributed by atoms with Crippen molar-refractivity contribution in [2.45, 2.75) is 25.4 Å². The Morgan fingerprint density at radius 2 is 1.87 bits per heavy atom. The summed E-state index contributed by atoms with van der Waals surface area (Å²) in [6.07, 6.45) is -5.12. The second-order valence-electron chi connectivity index (χ2n) is 5.09. The fourth-order valence-electron chi connectivity index (χ4n) is 2.10. The average molecular weight is 336 g/mol. The van der Waals surface area contributed by atoms with E-state index in [4.69, 9.17) is 0 Å². The molecule has 0 fully saturated rings. The van der Waals surface area contributed by atoms with Gasteiger partial charge in [0.1, 0.15) is 0 Å². The van der Waals surface area contributed by atoms with E-state index < -0.39 is 18.5 Å². The summed E-state index contributed by atoms with van der Waals surface area (Å²) >= 11 is 1.38. The van der Waals surface area contributed by atoms with Crippen molar-refractivity contribution in [3.8, 4) is 11.8 Å². The van der Waals surface area contributed by atoms with Crippen LogP contribution in [0.15, 0.2) is 47.8 Å². The largest absolute Gasteiger partial charge is 0.390 e. The van der Waals surface area contributed by atoms with Gasteiger partial charge in [0.15, 0.2) is 5.78 Å². The lowest BCUT2D eigenvalue weighted by atomic mass is 9.96. The predicted octanol–water partition coefficient (Wildman–Crippen LogP) is 5.33. The lowest BCUT2D eigenvalue weighted by molar-refractivity contribution is -0.140. The second-order valence-corrected chi connectivity index (χ2v) is 6.04. The summed E-state index contributed by atoms with van der Waals surface area (Å²) in [6.45, 7) is 0. The van der Waals surface area contributed by atoms with Crippen molar-refractivity contribution in [3.63, 3.8) is 0 Å². The normalized spacial score (nSPS) is 12.3. The van der Waals surface area contributed by atoms with Crippen molar-refractivity contribution in [1.29, 1.82) is 0 Å². The maximum absolute atomic E-state index is 12.7. The van der Waals surface area contributed by atoms with E-state index in [0.717, 1.165) is 4.88 Å². The lowest BCUT2D eigenvalue weighted by Gasteiger charge is -2.13. The molecule has 120 valence electrons. The Morgan fingerprint density at radius 3 is 2.48 bits per heavy atom. The fraction of sp³-hybridized carbons (Fsp3) is 0.278. The summed E-state index contributed by atoms with van der Waals surface area (Å²) in [4.78, 5) is 12.7.